The Hall–Kier alpha value is -3.60. The van der Waals surface area contributed by atoms with Crippen molar-refractivity contribution in [1.82, 2.24) is 14.5 Å². The molecule has 4 rings (SSSR count). The zero-order valence-corrected chi connectivity index (χ0v) is 14.3. The first-order valence-corrected chi connectivity index (χ1v) is 8.36. The van der Waals surface area contributed by atoms with Crippen LogP contribution in [0.15, 0.2) is 79.4 Å². The summed E-state index contributed by atoms with van der Waals surface area (Å²) in [6.45, 7) is 1.97. The topological polar surface area (TPSA) is 62.7 Å². The molecule has 0 aliphatic heterocycles. The second-order valence-corrected chi connectivity index (χ2v) is 6.05. The lowest BCUT2D eigenvalue weighted by Gasteiger charge is -2.08. The van der Waals surface area contributed by atoms with Crippen molar-refractivity contribution >= 4 is 11.6 Å². The largest absolute Gasteiger partial charge is 0.348 e. The number of H-pyrrole nitrogens is 1. The number of imidazole rings is 1. The monoisotopic (exact) mass is 342 g/mol. The SMILES string of the molecule is Cc1[nH]cnc1-c1cccc(NC(=O)c2ccc(-n3cccc3)cc2)c1. The lowest BCUT2D eigenvalue weighted by Crippen LogP contribution is -2.11. The summed E-state index contributed by atoms with van der Waals surface area (Å²) in [6.07, 6.45) is 5.61. The Morgan fingerprint density at radius 2 is 1.81 bits per heavy atom. The van der Waals surface area contributed by atoms with Gasteiger partial charge in [0.05, 0.1) is 12.0 Å². The van der Waals surface area contributed by atoms with Gasteiger partial charge in [-0.05, 0) is 55.5 Å². The van der Waals surface area contributed by atoms with Crippen molar-refractivity contribution in [2.45, 2.75) is 6.92 Å². The minimum Gasteiger partial charge on any atom is -0.348 e. The molecule has 0 radical (unpaired) electrons. The van der Waals surface area contributed by atoms with E-state index >= 15 is 0 Å². The number of carbonyl (C=O) groups excluding carboxylic acids is 1. The fourth-order valence-corrected chi connectivity index (χ4v) is 2.89. The van der Waals surface area contributed by atoms with E-state index in [2.05, 4.69) is 15.3 Å². The third kappa shape index (κ3) is 3.15. The number of amides is 1. The number of nitrogens with one attached hydrogen (secondary N) is 2. The van der Waals surface area contributed by atoms with Gasteiger partial charge in [0, 0.05) is 40.6 Å². The van der Waals surface area contributed by atoms with Crippen LogP contribution in [0.3, 0.4) is 0 Å². The normalized spacial score (nSPS) is 10.7. The molecular weight excluding hydrogens is 324 g/mol. The standard InChI is InChI=1S/C21H18N4O/c1-15-20(23-14-22-15)17-5-4-6-18(13-17)24-21(26)16-7-9-19(10-8-16)25-11-2-3-12-25/h2-14H,1H3,(H,22,23)(H,24,26). The minimum atomic E-state index is -0.139. The summed E-state index contributed by atoms with van der Waals surface area (Å²) in [5.74, 6) is -0.139. The van der Waals surface area contributed by atoms with Gasteiger partial charge in [-0.15, -0.1) is 0 Å². The van der Waals surface area contributed by atoms with Crippen LogP contribution >= 0.6 is 0 Å². The molecule has 0 aliphatic rings. The molecule has 0 saturated heterocycles. The molecule has 0 aliphatic carbocycles. The summed E-state index contributed by atoms with van der Waals surface area (Å²) >= 11 is 0. The molecule has 0 spiro atoms. The highest BCUT2D eigenvalue weighted by molar-refractivity contribution is 6.04. The van der Waals surface area contributed by atoms with Crippen LogP contribution in [0.4, 0.5) is 5.69 Å². The molecule has 128 valence electrons. The third-order valence-corrected chi connectivity index (χ3v) is 4.26. The molecule has 2 aromatic heterocycles. The Morgan fingerprint density at radius 1 is 1.04 bits per heavy atom. The van der Waals surface area contributed by atoms with Crippen LogP contribution in [0.5, 0.6) is 0 Å². The highest BCUT2D eigenvalue weighted by atomic mass is 16.1. The molecule has 0 saturated carbocycles. The summed E-state index contributed by atoms with van der Waals surface area (Å²) in [6, 6.07) is 19.1. The summed E-state index contributed by atoms with van der Waals surface area (Å²) in [5, 5.41) is 2.95. The smallest absolute Gasteiger partial charge is 0.255 e. The predicted octanol–water partition coefficient (Wildman–Crippen LogP) is 4.43. The second kappa shape index (κ2) is 6.72. The number of aromatic nitrogens is 3. The van der Waals surface area contributed by atoms with Gasteiger partial charge in [0.15, 0.2) is 0 Å². The first kappa shape index (κ1) is 15.9. The highest BCUT2D eigenvalue weighted by Crippen LogP contribution is 2.23. The van der Waals surface area contributed by atoms with Crippen molar-refractivity contribution in [2.24, 2.45) is 0 Å². The Balaban J connectivity index is 1.52. The van der Waals surface area contributed by atoms with Crippen molar-refractivity contribution in [2.75, 3.05) is 5.32 Å². The van der Waals surface area contributed by atoms with E-state index in [4.69, 9.17) is 0 Å². The lowest BCUT2D eigenvalue weighted by atomic mass is 10.1. The van der Waals surface area contributed by atoms with Crippen molar-refractivity contribution in [3.05, 3.63) is 90.6 Å². The molecule has 5 heteroatoms. The van der Waals surface area contributed by atoms with E-state index in [9.17, 15) is 4.79 Å². The minimum absolute atomic E-state index is 0.139. The fraction of sp³-hybridized carbons (Fsp3) is 0.0476. The van der Waals surface area contributed by atoms with Gasteiger partial charge in [0.1, 0.15) is 0 Å². The van der Waals surface area contributed by atoms with E-state index in [1.807, 2.05) is 84.5 Å². The number of hydrogen-bond acceptors (Lipinski definition) is 2. The van der Waals surface area contributed by atoms with Crippen molar-refractivity contribution in [3.63, 3.8) is 0 Å². The molecular formula is C21H18N4O. The number of aryl methyl sites for hydroxylation is 1. The summed E-state index contributed by atoms with van der Waals surface area (Å²) in [4.78, 5) is 19.9. The first-order chi connectivity index (χ1) is 12.7. The molecule has 0 bridgehead atoms. The molecule has 4 aromatic rings. The van der Waals surface area contributed by atoms with E-state index in [-0.39, 0.29) is 5.91 Å². The van der Waals surface area contributed by atoms with Gasteiger partial charge in [0.2, 0.25) is 0 Å². The van der Waals surface area contributed by atoms with E-state index in [1.54, 1.807) is 6.33 Å². The van der Waals surface area contributed by atoms with Crippen LogP contribution in [0.1, 0.15) is 16.1 Å². The molecule has 0 fully saturated rings. The molecule has 2 N–H and O–H groups in total. The van der Waals surface area contributed by atoms with Crippen LogP contribution in [-0.2, 0) is 0 Å². The van der Waals surface area contributed by atoms with Gasteiger partial charge in [-0.2, -0.15) is 0 Å². The number of carbonyl (C=O) groups is 1. The average Bonchev–Trinajstić information content (AvgIpc) is 3.34. The number of benzene rings is 2. The third-order valence-electron chi connectivity index (χ3n) is 4.26. The Morgan fingerprint density at radius 3 is 2.50 bits per heavy atom. The van der Waals surface area contributed by atoms with Crippen LogP contribution < -0.4 is 5.32 Å². The summed E-state index contributed by atoms with van der Waals surface area (Å²) in [5.41, 5.74) is 5.21. The number of nitrogens with zero attached hydrogens (tertiary/aromatic N) is 2. The predicted molar refractivity (Wildman–Crippen MR) is 102 cm³/mol. The van der Waals surface area contributed by atoms with Gasteiger partial charge in [-0.25, -0.2) is 4.98 Å². The molecule has 2 heterocycles. The first-order valence-electron chi connectivity index (χ1n) is 8.36. The fourth-order valence-electron chi connectivity index (χ4n) is 2.89. The van der Waals surface area contributed by atoms with Crippen LogP contribution in [0, 0.1) is 6.92 Å². The maximum atomic E-state index is 12.5. The average molecular weight is 342 g/mol. The maximum Gasteiger partial charge on any atom is 0.255 e. The molecule has 26 heavy (non-hydrogen) atoms. The zero-order chi connectivity index (χ0) is 17.9. The Kier molecular flexibility index (Phi) is 4.11. The molecule has 2 aromatic carbocycles. The number of rotatable bonds is 4. The van der Waals surface area contributed by atoms with E-state index in [1.165, 1.54) is 0 Å². The van der Waals surface area contributed by atoms with Crippen LogP contribution in [0.25, 0.3) is 16.9 Å². The van der Waals surface area contributed by atoms with Crippen LogP contribution in [-0.4, -0.2) is 20.4 Å². The number of anilines is 1. The molecule has 5 nitrogen and oxygen atoms in total. The van der Waals surface area contributed by atoms with Gasteiger partial charge >= 0.3 is 0 Å². The Labute approximate surface area is 151 Å². The lowest BCUT2D eigenvalue weighted by molar-refractivity contribution is 0.102. The maximum absolute atomic E-state index is 12.5. The van der Waals surface area contributed by atoms with Crippen molar-refractivity contribution in [3.8, 4) is 16.9 Å². The van der Waals surface area contributed by atoms with Crippen molar-refractivity contribution in [1.29, 1.82) is 0 Å². The zero-order valence-electron chi connectivity index (χ0n) is 14.3. The molecule has 1 amide bonds. The van der Waals surface area contributed by atoms with Gasteiger partial charge < -0.3 is 14.9 Å². The summed E-state index contributed by atoms with van der Waals surface area (Å²) in [7, 11) is 0. The van der Waals surface area contributed by atoms with E-state index < -0.39 is 0 Å². The van der Waals surface area contributed by atoms with Gasteiger partial charge in [0.25, 0.3) is 5.91 Å². The van der Waals surface area contributed by atoms with E-state index in [0.29, 0.717) is 5.56 Å². The second-order valence-electron chi connectivity index (χ2n) is 6.05. The highest BCUT2D eigenvalue weighted by Gasteiger charge is 2.09. The molecule has 0 atom stereocenters. The summed E-state index contributed by atoms with van der Waals surface area (Å²) < 4.78 is 2.00. The van der Waals surface area contributed by atoms with Crippen molar-refractivity contribution < 1.29 is 4.79 Å². The van der Waals surface area contributed by atoms with Gasteiger partial charge in [-0.1, -0.05) is 12.1 Å². The molecule has 0 unspecified atom stereocenters. The van der Waals surface area contributed by atoms with Crippen LogP contribution in [0.2, 0.25) is 0 Å². The number of hydrogen-bond donors (Lipinski definition) is 2. The number of aromatic amines is 1. The quantitative estimate of drug-likeness (QED) is 0.576. The van der Waals surface area contributed by atoms with Gasteiger partial charge in [-0.3, -0.25) is 4.79 Å². The Bertz CT molecular complexity index is 1030. The van der Waals surface area contributed by atoms with E-state index in [0.717, 1.165) is 28.3 Å².